The van der Waals surface area contributed by atoms with Gasteiger partial charge >= 0.3 is 12.0 Å². The lowest BCUT2D eigenvalue weighted by Crippen LogP contribution is -2.20. The zero-order valence-corrected chi connectivity index (χ0v) is 20.5. The van der Waals surface area contributed by atoms with Gasteiger partial charge in [0.25, 0.3) is 0 Å². The Labute approximate surface area is 216 Å². The third-order valence-corrected chi connectivity index (χ3v) is 5.24. The topological polar surface area (TPSA) is 115 Å². The number of aromatic amines is 1. The van der Waals surface area contributed by atoms with Crippen molar-refractivity contribution in [1.82, 2.24) is 9.97 Å². The number of benzene rings is 2. The standard InChI is InChI=1S/C27H24F2N4O5/c1-16-3-5-20(28)23(11-16)33-27(35)32-22-6-4-18(13-21(22)29)38-19-7-8-30-25(14-19)24-12-17(15-31-24)26(34)37-10-9-36-2/h3-8,11-15,31H,9-10H2,1-2H3,(H2,32,33,35). The van der Waals surface area contributed by atoms with Crippen LogP contribution in [0.3, 0.4) is 0 Å². The van der Waals surface area contributed by atoms with E-state index < -0.39 is 23.6 Å². The number of halogens is 2. The van der Waals surface area contributed by atoms with Crippen LogP contribution in [0.5, 0.6) is 11.5 Å². The van der Waals surface area contributed by atoms with E-state index in [2.05, 4.69) is 20.6 Å². The van der Waals surface area contributed by atoms with Crippen LogP contribution in [0, 0.1) is 18.6 Å². The summed E-state index contributed by atoms with van der Waals surface area (Å²) in [5.74, 6) is -1.33. The summed E-state index contributed by atoms with van der Waals surface area (Å²) < 4.78 is 44.2. The molecule has 0 aliphatic rings. The number of carbonyl (C=O) groups excluding carboxylic acids is 2. The van der Waals surface area contributed by atoms with Crippen molar-refractivity contribution in [3.05, 3.63) is 89.8 Å². The van der Waals surface area contributed by atoms with Gasteiger partial charge in [0, 0.05) is 31.6 Å². The molecule has 0 bridgehead atoms. The number of rotatable bonds is 9. The lowest BCUT2D eigenvalue weighted by Gasteiger charge is -2.11. The van der Waals surface area contributed by atoms with Crippen LogP contribution in [0.1, 0.15) is 15.9 Å². The van der Waals surface area contributed by atoms with Gasteiger partial charge in [-0.3, -0.25) is 4.98 Å². The van der Waals surface area contributed by atoms with Gasteiger partial charge in [-0.1, -0.05) is 6.07 Å². The minimum absolute atomic E-state index is 0.0199. The minimum Gasteiger partial charge on any atom is -0.460 e. The van der Waals surface area contributed by atoms with Crippen molar-refractivity contribution in [2.75, 3.05) is 31.0 Å². The second-order valence-electron chi connectivity index (χ2n) is 8.11. The number of amides is 2. The van der Waals surface area contributed by atoms with Crippen molar-refractivity contribution in [2.45, 2.75) is 6.92 Å². The van der Waals surface area contributed by atoms with Gasteiger partial charge in [0.2, 0.25) is 0 Å². The molecule has 0 spiro atoms. The molecule has 2 aromatic heterocycles. The number of pyridine rings is 1. The first-order valence-corrected chi connectivity index (χ1v) is 11.4. The third-order valence-electron chi connectivity index (χ3n) is 5.24. The molecular formula is C27H24F2N4O5. The molecule has 2 heterocycles. The molecule has 0 aliphatic carbocycles. The molecule has 0 unspecified atom stereocenters. The maximum absolute atomic E-state index is 14.7. The average molecular weight is 523 g/mol. The number of carbonyl (C=O) groups is 2. The third kappa shape index (κ3) is 6.71. The summed E-state index contributed by atoms with van der Waals surface area (Å²) >= 11 is 0. The first kappa shape index (κ1) is 26.3. The van der Waals surface area contributed by atoms with Crippen LogP contribution in [-0.2, 0) is 9.47 Å². The van der Waals surface area contributed by atoms with Crippen LogP contribution < -0.4 is 15.4 Å². The number of aromatic nitrogens is 2. The molecular weight excluding hydrogens is 498 g/mol. The Bertz CT molecular complexity index is 1460. The summed E-state index contributed by atoms with van der Waals surface area (Å²) in [7, 11) is 1.51. The van der Waals surface area contributed by atoms with Crippen LogP contribution in [0.4, 0.5) is 25.0 Å². The number of hydrogen-bond donors (Lipinski definition) is 3. The Morgan fingerprint density at radius 3 is 2.50 bits per heavy atom. The van der Waals surface area contributed by atoms with E-state index in [4.69, 9.17) is 14.2 Å². The zero-order chi connectivity index (χ0) is 27.1. The Kier molecular flexibility index (Phi) is 8.29. The zero-order valence-electron chi connectivity index (χ0n) is 20.5. The van der Waals surface area contributed by atoms with Crippen LogP contribution in [0.25, 0.3) is 11.4 Å². The van der Waals surface area contributed by atoms with E-state index in [0.717, 1.165) is 11.6 Å². The summed E-state index contributed by atoms with van der Waals surface area (Å²) in [6, 6.07) is 12.2. The van der Waals surface area contributed by atoms with Crippen molar-refractivity contribution in [3.63, 3.8) is 0 Å². The first-order chi connectivity index (χ1) is 18.3. The molecule has 38 heavy (non-hydrogen) atoms. The molecule has 4 rings (SSSR count). The van der Waals surface area contributed by atoms with Crippen LogP contribution >= 0.6 is 0 Å². The molecule has 0 saturated heterocycles. The van der Waals surface area contributed by atoms with E-state index >= 15 is 0 Å². The molecule has 9 nitrogen and oxygen atoms in total. The van der Waals surface area contributed by atoms with Gasteiger partial charge in [-0.25, -0.2) is 18.4 Å². The van der Waals surface area contributed by atoms with Gasteiger partial charge < -0.3 is 29.8 Å². The highest BCUT2D eigenvalue weighted by atomic mass is 19.1. The Morgan fingerprint density at radius 2 is 1.71 bits per heavy atom. The fraction of sp³-hybridized carbons (Fsp3) is 0.148. The lowest BCUT2D eigenvalue weighted by atomic mass is 10.2. The highest BCUT2D eigenvalue weighted by Gasteiger charge is 2.14. The Morgan fingerprint density at radius 1 is 0.921 bits per heavy atom. The van der Waals surface area contributed by atoms with E-state index in [0.29, 0.717) is 29.3 Å². The summed E-state index contributed by atoms with van der Waals surface area (Å²) in [6.45, 7) is 2.18. The van der Waals surface area contributed by atoms with Crippen molar-refractivity contribution >= 4 is 23.4 Å². The smallest absolute Gasteiger partial charge is 0.339 e. The molecule has 0 fully saturated rings. The molecule has 196 valence electrons. The number of urea groups is 1. The quantitative estimate of drug-likeness (QED) is 0.186. The molecule has 2 aromatic carbocycles. The molecule has 0 aliphatic heterocycles. The molecule has 11 heteroatoms. The van der Waals surface area contributed by atoms with E-state index in [1.165, 1.54) is 43.8 Å². The van der Waals surface area contributed by atoms with Crippen molar-refractivity contribution in [3.8, 4) is 22.9 Å². The van der Waals surface area contributed by atoms with E-state index in [9.17, 15) is 18.4 Å². The number of esters is 1. The minimum atomic E-state index is -0.797. The number of H-pyrrole nitrogens is 1. The fourth-order valence-corrected chi connectivity index (χ4v) is 3.39. The van der Waals surface area contributed by atoms with Crippen molar-refractivity contribution in [2.24, 2.45) is 0 Å². The summed E-state index contributed by atoms with van der Waals surface area (Å²) in [4.78, 5) is 31.6. The highest BCUT2D eigenvalue weighted by Crippen LogP contribution is 2.28. The molecule has 0 atom stereocenters. The summed E-state index contributed by atoms with van der Waals surface area (Å²) in [5.41, 5.74) is 1.98. The normalized spacial score (nSPS) is 10.6. The van der Waals surface area contributed by atoms with Crippen molar-refractivity contribution < 1.29 is 32.6 Å². The first-order valence-electron chi connectivity index (χ1n) is 11.4. The van der Waals surface area contributed by atoms with Gasteiger partial charge in [-0.05, 0) is 48.9 Å². The number of aryl methyl sites for hydroxylation is 1. The van der Waals surface area contributed by atoms with E-state index in [1.807, 2.05) is 0 Å². The maximum Gasteiger partial charge on any atom is 0.339 e. The number of methoxy groups -OCH3 is 1. The summed E-state index contributed by atoms with van der Waals surface area (Å²) in [5, 5.41) is 4.71. The number of hydrogen-bond acceptors (Lipinski definition) is 6. The number of nitrogens with one attached hydrogen (secondary N) is 3. The Hall–Kier alpha value is -4.77. The lowest BCUT2D eigenvalue weighted by molar-refractivity contribution is 0.0388. The SMILES string of the molecule is COCCOC(=O)c1c[nH]c(-c2cc(Oc3ccc(NC(=O)Nc4cc(C)ccc4F)c(F)c3)ccn2)c1. The van der Waals surface area contributed by atoms with Crippen LogP contribution in [-0.4, -0.2) is 42.3 Å². The predicted octanol–water partition coefficient (Wildman–Crippen LogP) is 5.90. The second-order valence-corrected chi connectivity index (χ2v) is 8.11. The molecule has 0 radical (unpaired) electrons. The number of nitrogens with zero attached hydrogens (tertiary/aromatic N) is 1. The molecule has 0 saturated carbocycles. The van der Waals surface area contributed by atoms with Crippen molar-refractivity contribution in [1.29, 1.82) is 0 Å². The molecule has 4 aromatic rings. The van der Waals surface area contributed by atoms with Gasteiger partial charge in [-0.15, -0.1) is 0 Å². The van der Waals surface area contributed by atoms with Crippen LogP contribution in [0.2, 0.25) is 0 Å². The number of ether oxygens (including phenoxy) is 3. The highest BCUT2D eigenvalue weighted by molar-refractivity contribution is 6.00. The monoisotopic (exact) mass is 522 g/mol. The second kappa shape index (κ2) is 12.0. The van der Waals surface area contributed by atoms with E-state index in [-0.39, 0.29) is 23.7 Å². The fourth-order valence-electron chi connectivity index (χ4n) is 3.39. The van der Waals surface area contributed by atoms with Gasteiger partial charge in [0.05, 0.1) is 34.9 Å². The van der Waals surface area contributed by atoms with Gasteiger partial charge in [0.15, 0.2) is 0 Å². The maximum atomic E-state index is 14.7. The summed E-state index contributed by atoms with van der Waals surface area (Å²) in [6.07, 6.45) is 3.01. The van der Waals surface area contributed by atoms with Gasteiger partial charge in [0.1, 0.15) is 29.7 Å². The predicted molar refractivity (Wildman–Crippen MR) is 136 cm³/mol. The van der Waals surface area contributed by atoms with E-state index in [1.54, 1.807) is 31.2 Å². The average Bonchev–Trinajstić information content (AvgIpc) is 3.39. The van der Waals surface area contributed by atoms with Crippen LogP contribution in [0.15, 0.2) is 67.0 Å². The molecule has 2 amide bonds. The number of anilines is 2. The molecule has 3 N–H and O–H groups in total. The van der Waals surface area contributed by atoms with Gasteiger partial charge in [-0.2, -0.15) is 0 Å². The largest absolute Gasteiger partial charge is 0.460 e. The Balaban J connectivity index is 1.40.